The molecule has 0 saturated heterocycles. The first-order chi connectivity index (χ1) is 6.68. The predicted molar refractivity (Wildman–Crippen MR) is 47.5 cm³/mol. The summed E-state index contributed by atoms with van der Waals surface area (Å²) in [4.78, 5) is 16.0. The van der Waals surface area contributed by atoms with Gasteiger partial charge in [-0.15, -0.1) is 0 Å². The van der Waals surface area contributed by atoms with Gasteiger partial charge < -0.3 is 9.63 Å². The highest BCUT2D eigenvalue weighted by Gasteiger charge is 2.05. The first-order valence-corrected chi connectivity index (χ1v) is 4.34. The largest absolute Gasteiger partial charge is 0.481 e. The number of aliphatic carboxylic acids is 1. The maximum absolute atomic E-state index is 10.2. The lowest BCUT2D eigenvalue weighted by Gasteiger charge is -2.12. The van der Waals surface area contributed by atoms with Crippen LogP contribution >= 0.6 is 0 Å². The van der Waals surface area contributed by atoms with Crippen molar-refractivity contribution in [1.82, 2.24) is 15.0 Å². The second kappa shape index (κ2) is 5.33. The maximum atomic E-state index is 10.2. The number of rotatable bonds is 6. The fourth-order valence-electron chi connectivity index (χ4n) is 1.08. The van der Waals surface area contributed by atoms with Gasteiger partial charge in [-0.2, -0.15) is 4.98 Å². The van der Waals surface area contributed by atoms with Crippen LogP contribution in [0.2, 0.25) is 0 Å². The Morgan fingerprint density at radius 3 is 3.07 bits per heavy atom. The number of nitrogens with zero attached hydrogens (tertiary/aromatic N) is 3. The van der Waals surface area contributed by atoms with Crippen LogP contribution in [-0.2, 0) is 11.3 Å². The molecule has 0 unspecified atom stereocenters. The molecule has 0 amide bonds. The van der Waals surface area contributed by atoms with Gasteiger partial charge in [0.05, 0.1) is 6.54 Å². The Hall–Kier alpha value is -1.43. The standard InChI is InChI=1S/C8H13N3O3/c1-11(4-2-3-8(12)13)5-7-9-6-10-14-7/h6H,2-5H2,1H3,(H,12,13). The molecule has 1 heterocycles. The molecule has 78 valence electrons. The zero-order chi connectivity index (χ0) is 10.4. The van der Waals surface area contributed by atoms with Crippen molar-refractivity contribution in [1.29, 1.82) is 0 Å². The number of aromatic nitrogens is 2. The van der Waals surface area contributed by atoms with Crippen molar-refractivity contribution in [3.8, 4) is 0 Å². The Labute approximate surface area is 81.5 Å². The Morgan fingerprint density at radius 2 is 2.50 bits per heavy atom. The molecule has 0 fully saturated rings. The molecule has 0 atom stereocenters. The topological polar surface area (TPSA) is 79.5 Å². The van der Waals surface area contributed by atoms with Gasteiger partial charge in [0.25, 0.3) is 0 Å². The molecular formula is C8H13N3O3. The van der Waals surface area contributed by atoms with Crippen molar-refractivity contribution in [2.45, 2.75) is 19.4 Å². The minimum atomic E-state index is -0.767. The van der Waals surface area contributed by atoms with Gasteiger partial charge in [-0.25, -0.2) is 0 Å². The van der Waals surface area contributed by atoms with E-state index in [1.165, 1.54) is 6.33 Å². The molecule has 14 heavy (non-hydrogen) atoms. The van der Waals surface area contributed by atoms with Gasteiger partial charge in [0.15, 0.2) is 6.33 Å². The molecule has 0 aliphatic heterocycles. The molecule has 0 bridgehead atoms. The first-order valence-electron chi connectivity index (χ1n) is 4.34. The summed E-state index contributed by atoms with van der Waals surface area (Å²) in [7, 11) is 1.88. The van der Waals surface area contributed by atoms with Crippen LogP contribution in [-0.4, -0.2) is 39.7 Å². The van der Waals surface area contributed by atoms with E-state index < -0.39 is 5.97 Å². The SMILES string of the molecule is CN(CCCC(=O)O)Cc1ncno1. The van der Waals surface area contributed by atoms with E-state index in [-0.39, 0.29) is 6.42 Å². The van der Waals surface area contributed by atoms with Crippen molar-refractivity contribution in [3.63, 3.8) is 0 Å². The molecule has 1 aromatic rings. The molecule has 0 aliphatic carbocycles. The van der Waals surface area contributed by atoms with Crippen molar-refractivity contribution in [2.24, 2.45) is 0 Å². The third kappa shape index (κ3) is 3.99. The van der Waals surface area contributed by atoms with Crippen LogP contribution in [0.3, 0.4) is 0 Å². The average molecular weight is 199 g/mol. The molecular weight excluding hydrogens is 186 g/mol. The summed E-state index contributed by atoms with van der Waals surface area (Å²) in [6, 6.07) is 0. The van der Waals surface area contributed by atoms with E-state index in [0.29, 0.717) is 25.4 Å². The number of hydrogen-bond donors (Lipinski definition) is 1. The lowest BCUT2D eigenvalue weighted by atomic mass is 10.3. The molecule has 0 aliphatic rings. The van der Waals surface area contributed by atoms with Gasteiger partial charge in [-0.3, -0.25) is 9.69 Å². The molecule has 1 N–H and O–H groups in total. The van der Waals surface area contributed by atoms with Crippen LogP contribution < -0.4 is 0 Å². The number of carboxylic acid groups (broad SMARTS) is 1. The van der Waals surface area contributed by atoms with Crippen LogP contribution in [0.15, 0.2) is 10.9 Å². The van der Waals surface area contributed by atoms with Crippen molar-refractivity contribution in [2.75, 3.05) is 13.6 Å². The van der Waals surface area contributed by atoms with Crippen LogP contribution in [0.5, 0.6) is 0 Å². The van der Waals surface area contributed by atoms with E-state index >= 15 is 0 Å². The van der Waals surface area contributed by atoms with Crippen LogP contribution in [0.25, 0.3) is 0 Å². The minimum Gasteiger partial charge on any atom is -0.481 e. The number of carbonyl (C=O) groups is 1. The van der Waals surface area contributed by atoms with E-state index in [4.69, 9.17) is 9.63 Å². The lowest BCUT2D eigenvalue weighted by Crippen LogP contribution is -2.19. The second-order valence-corrected chi connectivity index (χ2v) is 3.07. The van der Waals surface area contributed by atoms with E-state index in [1.54, 1.807) is 0 Å². The third-order valence-corrected chi connectivity index (χ3v) is 1.74. The Kier molecular flexibility index (Phi) is 4.06. The Morgan fingerprint density at radius 1 is 1.71 bits per heavy atom. The summed E-state index contributed by atoms with van der Waals surface area (Å²) in [6.45, 7) is 1.26. The molecule has 6 nitrogen and oxygen atoms in total. The highest BCUT2D eigenvalue weighted by atomic mass is 16.5. The molecule has 6 heteroatoms. The normalized spacial score (nSPS) is 10.7. The lowest BCUT2D eigenvalue weighted by molar-refractivity contribution is -0.137. The van der Waals surface area contributed by atoms with Crippen LogP contribution in [0.1, 0.15) is 18.7 Å². The van der Waals surface area contributed by atoms with Crippen LogP contribution in [0.4, 0.5) is 0 Å². The molecule has 1 rings (SSSR count). The minimum absolute atomic E-state index is 0.189. The monoisotopic (exact) mass is 199 g/mol. The van der Waals surface area contributed by atoms with Crippen molar-refractivity contribution in [3.05, 3.63) is 12.2 Å². The first kappa shape index (κ1) is 10.6. The molecule has 1 aromatic heterocycles. The van der Waals surface area contributed by atoms with E-state index in [0.717, 1.165) is 0 Å². The molecule has 0 saturated carbocycles. The average Bonchev–Trinajstić information content (AvgIpc) is 2.56. The highest BCUT2D eigenvalue weighted by molar-refractivity contribution is 5.66. The summed E-state index contributed by atoms with van der Waals surface area (Å²) >= 11 is 0. The summed E-state index contributed by atoms with van der Waals surface area (Å²) in [5, 5.41) is 11.9. The predicted octanol–water partition coefficient (Wildman–Crippen LogP) is 0.366. The van der Waals surface area contributed by atoms with E-state index in [1.807, 2.05) is 11.9 Å². The van der Waals surface area contributed by atoms with Gasteiger partial charge in [0.1, 0.15) is 0 Å². The smallest absolute Gasteiger partial charge is 0.303 e. The Bertz CT molecular complexity index is 273. The van der Waals surface area contributed by atoms with Crippen molar-refractivity contribution >= 4 is 5.97 Å². The fourth-order valence-corrected chi connectivity index (χ4v) is 1.08. The Balaban J connectivity index is 2.16. The van der Waals surface area contributed by atoms with Gasteiger partial charge in [-0.1, -0.05) is 5.16 Å². The fraction of sp³-hybridized carbons (Fsp3) is 0.625. The molecule has 0 aromatic carbocycles. The highest BCUT2D eigenvalue weighted by Crippen LogP contribution is 1.99. The number of carboxylic acids is 1. The van der Waals surface area contributed by atoms with Gasteiger partial charge in [0, 0.05) is 6.42 Å². The molecule has 0 radical (unpaired) electrons. The second-order valence-electron chi connectivity index (χ2n) is 3.07. The number of hydrogen-bond acceptors (Lipinski definition) is 5. The van der Waals surface area contributed by atoms with Crippen molar-refractivity contribution < 1.29 is 14.4 Å². The van der Waals surface area contributed by atoms with E-state index in [9.17, 15) is 4.79 Å². The zero-order valence-electron chi connectivity index (χ0n) is 8.01. The van der Waals surface area contributed by atoms with Gasteiger partial charge in [0.2, 0.25) is 5.89 Å². The third-order valence-electron chi connectivity index (χ3n) is 1.74. The summed E-state index contributed by atoms with van der Waals surface area (Å²) in [5.74, 6) is -0.223. The summed E-state index contributed by atoms with van der Waals surface area (Å²) in [5.41, 5.74) is 0. The summed E-state index contributed by atoms with van der Waals surface area (Å²) < 4.78 is 4.81. The molecule has 0 spiro atoms. The zero-order valence-corrected chi connectivity index (χ0v) is 8.01. The quantitative estimate of drug-likeness (QED) is 0.712. The summed E-state index contributed by atoms with van der Waals surface area (Å²) in [6.07, 6.45) is 2.16. The maximum Gasteiger partial charge on any atom is 0.303 e. The van der Waals surface area contributed by atoms with E-state index in [2.05, 4.69) is 10.1 Å². The van der Waals surface area contributed by atoms with Crippen LogP contribution in [0, 0.1) is 0 Å². The van der Waals surface area contributed by atoms with Gasteiger partial charge in [-0.05, 0) is 20.0 Å². The van der Waals surface area contributed by atoms with Gasteiger partial charge >= 0.3 is 5.97 Å².